The van der Waals surface area contributed by atoms with E-state index in [0.29, 0.717) is 18.9 Å². The first kappa shape index (κ1) is 19.4. The lowest BCUT2D eigenvalue weighted by Crippen LogP contribution is -2.46. The summed E-state index contributed by atoms with van der Waals surface area (Å²) in [6.07, 6.45) is 4.96. The predicted molar refractivity (Wildman–Crippen MR) is 111 cm³/mol. The number of carbonyl (C=O) groups excluding carboxylic acids is 1. The highest BCUT2D eigenvalue weighted by molar-refractivity contribution is 7.09. The summed E-state index contributed by atoms with van der Waals surface area (Å²) in [7, 11) is 1.70. The molecule has 150 valence electrons. The van der Waals surface area contributed by atoms with Crippen LogP contribution in [0.15, 0.2) is 29.6 Å². The molecule has 3 heterocycles. The Morgan fingerprint density at radius 2 is 1.96 bits per heavy atom. The molecular formula is C22H29N3O2S. The number of hydrogen-bond acceptors (Lipinski definition) is 5. The highest BCUT2D eigenvalue weighted by atomic mass is 32.1. The molecule has 2 aliphatic heterocycles. The van der Waals surface area contributed by atoms with Crippen LogP contribution in [0.1, 0.15) is 48.4 Å². The Balaban J connectivity index is 1.43. The SMILES string of the molecule is COc1ccc(CN2CCCC3(CCC(=O)N3Cc3csc(C)n3)CC2)cc1. The van der Waals surface area contributed by atoms with E-state index in [-0.39, 0.29) is 5.54 Å². The molecule has 1 spiro atoms. The fourth-order valence-electron chi connectivity index (χ4n) is 4.67. The topological polar surface area (TPSA) is 45.7 Å². The van der Waals surface area contributed by atoms with E-state index in [9.17, 15) is 4.79 Å². The molecule has 0 aliphatic carbocycles. The Hall–Kier alpha value is -1.92. The van der Waals surface area contributed by atoms with Gasteiger partial charge in [0.2, 0.25) is 5.91 Å². The molecule has 2 fully saturated rings. The predicted octanol–water partition coefficient (Wildman–Crippen LogP) is 4.01. The number of aromatic nitrogens is 1. The second-order valence-corrected chi connectivity index (χ2v) is 9.10. The molecular weight excluding hydrogens is 370 g/mol. The zero-order valence-corrected chi connectivity index (χ0v) is 17.6. The van der Waals surface area contributed by atoms with Crippen LogP contribution in [0.3, 0.4) is 0 Å². The van der Waals surface area contributed by atoms with Gasteiger partial charge in [-0.1, -0.05) is 12.1 Å². The van der Waals surface area contributed by atoms with Crippen molar-refractivity contribution in [1.82, 2.24) is 14.8 Å². The number of nitrogens with zero attached hydrogens (tertiary/aromatic N) is 3. The largest absolute Gasteiger partial charge is 0.497 e. The van der Waals surface area contributed by atoms with Crippen molar-refractivity contribution in [2.24, 2.45) is 0 Å². The Kier molecular flexibility index (Phi) is 5.69. The van der Waals surface area contributed by atoms with Crippen molar-refractivity contribution in [2.45, 2.75) is 57.7 Å². The van der Waals surface area contributed by atoms with E-state index in [1.165, 1.54) is 5.56 Å². The van der Waals surface area contributed by atoms with Crippen molar-refractivity contribution < 1.29 is 9.53 Å². The third-order valence-electron chi connectivity index (χ3n) is 6.24. The van der Waals surface area contributed by atoms with Gasteiger partial charge in [-0.2, -0.15) is 0 Å². The van der Waals surface area contributed by atoms with Crippen LogP contribution in [-0.4, -0.2) is 46.4 Å². The van der Waals surface area contributed by atoms with Crippen molar-refractivity contribution >= 4 is 17.2 Å². The molecule has 0 bridgehead atoms. The van der Waals surface area contributed by atoms with E-state index in [4.69, 9.17) is 4.74 Å². The molecule has 2 saturated heterocycles. The number of carbonyl (C=O) groups is 1. The van der Waals surface area contributed by atoms with Gasteiger partial charge < -0.3 is 9.64 Å². The lowest BCUT2D eigenvalue weighted by atomic mass is 9.87. The lowest BCUT2D eigenvalue weighted by Gasteiger charge is -2.38. The standard InChI is InChI=1S/C22H29N3O2S/c1-17-23-19(16-28-17)15-25-21(26)8-10-22(25)9-3-12-24(13-11-22)14-18-4-6-20(27-2)7-5-18/h4-7,16H,3,8-15H2,1-2H3. The molecule has 6 heteroatoms. The number of benzene rings is 1. The highest BCUT2D eigenvalue weighted by Crippen LogP contribution is 2.40. The van der Waals surface area contributed by atoms with Crippen molar-refractivity contribution in [1.29, 1.82) is 0 Å². The van der Waals surface area contributed by atoms with Gasteiger partial charge in [0, 0.05) is 30.4 Å². The molecule has 1 amide bonds. The van der Waals surface area contributed by atoms with Crippen molar-refractivity contribution in [3.05, 3.63) is 45.9 Å². The quantitative estimate of drug-likeness (QED) is 0.762. The van der Waals surface area contributed by atoms with E-state index < -0.39 is 0 Å². The number of rotatable bonds is 5. The van der Waals surface area contributed by atoms with Gasteiger partial charge in [-0.25, -0.2) is 4.98 Å². The van der Waals surface area contributed by atoms with Gasteiger partial charge in [0.05, 0.1) is 24.4 Å². The van der Waals surface area contributed by atoms with Crippen LogP contribution >= 0.6 is 11.3 Å². The van der Waals surface area contributed by atoms with Gasteiger partial charge in [-0.3, -0.25) is 9.69 Å². The minimum atomic E-state index is 0.0171. The zero-order chi connectivity index (χ0) is 19.6. The van der Waals surface area contributed by atoms with Gasteiger partial charge in [0.25, 0.3) is 0 Å². The Bertz CT molecular complexity index is 819. The summed E-state index contributed by atoms with van der Waals surface area (Å²) in [6, 6.07) is 8.36. The zero-order valence-electron chi connectivity index (χ0n) is 16.8. The third-order valence-corrected chi connectivity index (χ3v) is 7.06. The summed E-state index contributed by atoms with van der Waals surface area (Å²) in [6.45, 7) is 5.77. The average molecular weight is 400 g/mol. The molecule has 28 heavy (non-hydrogen) atoms. The molecule has 0 saturated carbocycles. The molecule has 1 atom stereocenters. The summed E-state index contributed by atoms with van der Waals surface area (Å²) >= 11 is 1.67. The molecule has 1 aromatic heterocycles. The first-order valence-electron chi connectivity index (χ1n) is 10.1. The third kappa shape index (κ3) is 4.08. The summed E-state index contributed by atoms with van der Waals surface area (Å²) in [5.74, 6) is 1.20. The molecule has 1 aromatic carbocycles. The second-order valence-electron chi connectivity index (χ2n) is 8.04. The monoisotopic (exact) mass is 399 g/mol. The summed E-state index contributed by atoms with van der Waals surface area (Å²) in [5.41, 5.74) is 2.37. The summed E-state index contributed by atoms with van der Waals surface area (Å²) in [5, 5.41) is 3.17. The van der Waals surface area contributed by atoms with Crippen LogP contribution in [0.2, 0.25) is 0 Å². The molecule has 1 unspecified atom stereocenters. The van der Waals surface area contributed by atoms with E-state index in [1.807, 2.05) is 19.1 Å². The first-order valence-corrected chi connectivity index (χ1v) is 11.0. The van der Waals surface area contributed by atoms with Crippen LogP contribution in [0, 0.1) is 6.92 Å². The number of ether oxygens (including phenoxy) is 1. The molecule has 2 aromatic rings. The minimum absolute atomic E-state index is 0.0171. The molecule has 4 rings (SSSR count). The van der Waals surface area contributed by atoms with Crippen LogP contribution < -0.4 is 4.74 Å². The maximum Gasteiger partial charge on any atom is 0.223 e. The number of aryl methyl sites for hydroxylation is 1. The van der Waals surface area contributed by atoms with Gasteiger partial charge in [-0.05, 0) is 56.8 Å². The maximum absolute atomic E-state index is 12.7. The van der Waals surface area contributed by atoms with Crippen LogP contribution in [0.5, 0.6) is 5.75 Å². The van der Waals surface area contributed by atoms with Gasteiger partial charge >= 0.3 is 0 Å². The van der Waals surface area contributed by atoms with E-state index in [1.54, 1.807) is 18.4 Å². The van der Waals surface area contributed by atoms with Crippen molar-refractivity contribution in [3.8, 4) is 5.75 Å². The minimum Gasteiger partial charge on any atom is -0.497 e. The van der Waals surface area contributed by atoms with Gasteiger partial charge in [-0.15, -0.1) is 11.3 Å². The van der Waals surface area contributed by atoms with Crippen molar-refractivity contribution in [3.63, 3.8) is 0 Å². The second kappa shape index (κ2) is 8.21. The Morgan fingerprint density at radius 1 is 1.14 bits per heavy atom. The fraction of sp³-hybridized carbons (Fsp3) is 0.545. The maximum atomic E-state index is 12.7. The first-order chi connectivity index (χ1) is 13.6. The van der Waals surface area contributed by atoms with E-state index in [2.05, 4.69) is 32.3 Å². The summed E-state index contributed by atoms with van der Waals surface area (Å²) < 4.78 is 5.26. The Morgan fingerprint density at radius 3 is 2.68 bits per heavy atom. The molecule has 5 nitrogen and oxygen atoms in total. The highest BCUT2D eigenvalue weighted by Gasteiger charge is 2.45. The Labute approximate surface area is 171 Å². The lowest BCUT2D eigenvalue weighted by molar-refractivity contribution is -0.132. The molecule has 2 aliphatic rings. The number of amides is 1. The number of thiazole rings is 1. The summed E-state index contributed by atoms with van der Waals surface area (Å²) in [4.78, 5) is 22.0. The van der Waals surface area contributed by atoms with Gasteiger partial charge in [0.15, 0.2) is 0 Å². The van der Waals surface area contributed by atoms with Gasteiger partial charge in [0.1, 0.15) is 5.75 Å². The van der Waals surface area contributed by atoms with Crippen LogP contribution in [0.25, 0.3) is 0 Å². The van der Waals surface area contributed by atoms with E-state index in [0.717, 1.165) is 61.8 Å². The van der Waals surface area contributed by atoms with Crippen molar-refractivity contribution in [2.75, 3.05) is 20.2 Å². The number of hydrogen-bond donors (Lipinski definition) is 0. The number of methoxy groups -OCH3 is 1. The van der Waals surface area contributed by atoms with Crippen LogP contribution in [0.4, 0.5) is 0 Å². The van der Waals surface area contributed by atoms with Crippen LogP contribution in [-0.2, 0) is 17.9 Å². The van der Waals surface area contributed by atoms with E-state index >= 15 is 0 Å². The molecule has 0 radical (unpaired) electrons. The fourth-order valence-corrected chi connectivity index (χ4v) is 5.28. The normalized spacial score (nSPS) is 23.4. The number of likely N-dealkylation sites (tertiary alicyclic amines) is 2. The average Bonchev–Trinajstić information content (AvgIpc) is 3.17. The molecule has 0 N–H and O–H groups in total. The smallest absolute Gasteiger partial charge is 0.223 e.